The van der Waals surface area contributed by atoms with Crippen molar-refractivity contribution in [3.8, 4) is 23.5 Å². The molecule has 0 aromatic heterocycles. The Bertz CT molecular complexity index is 1340. The lowest BCUT2D eigenvalue weighted by molar-refractivity contribution is 0.00578. The molecule has 188 valence electrons. The molecule has 0 radical (unpaired) electrons. The van der Waals surface area contributed by atoms with Crippen molar-refractivity contribution in [1.82, 2.24) is 5.32 Å². The van der Waals surface area contributed by atoms with Crippen molar-refractivity contribution in [3.05, 3.63) is 88.5 Å². The van der Waals surface area contributed by atoms with E-state index in [1.807, 2.05) is 71.0 Å². The minimum Gasteiger partial charge on any atom is -0.449 e. The highest BCUT2D eigenvalue weighted by molar-refractivity contribution is 6.62. The molecule has 1 fully saturated rings. The van der Waals surface area contributed by atoms with E-state index in [-0.39, 0.29) is 19.1 Å². The molecule has 0 bridgehead atoms. The Kier molecular flexibility index (Phi) is 6.39. The van der Waals surface area contributed by atoms with Crippen molar-refractivity contribution in [2.24, 2.45) is 0 Å². The van der Waals surface area contributed by atoms with Gasteiger partial charge in [-0.3, -0.25) is 0 Å². The zero-order chi connectivity index (χ0) is 26.4. The van der Waals surface area contributed by atoms with Gasteiger partial charge in [-0.2, -0.15) is 0 Å². The van der Waals surface area contributed by atoms with E-state index < -0.39 is 24.4 Å². The number of rotatable bonds is 5. The average molecular weight is 493 g/mol. The van der Waals surface area contributed by atoms with Gasteiger partial charge in [-0.05, 0) is 79.5 Å². The number of ether oxygens (including phenoxy) is 1. The van der Waals surface area contributed by atoms with Gasteiger partial charge in [0.2, 0.25) is 0 Å². The summed E-state index contributed by atoms with van der Waals surface area (Å²) in [5, 5.41) is 2.88. The third-order valence-electron chi connectivity index (χ3n) is 7.95. The third kappa shape index (κ3) is 4.54. The fourth-order valence-corrected chi connectivity index (χ4v) is 5.09. The van der Waals surface area contributed by atoms with Crippen LogP contribution >= 0.6 is 0 Å². The summed E-state index contributed by atoms with van der Waals surface area (Å²) in [7, 11) is -0.536. The minimum absolute atomic E-state index is 0.0144. The molecule has 3 aromatic rings. The summed E-state index contributed by atoms with van der Waals surface area (Å²) in [6.07, 6.45) is 5.33. The maximum Gasteiger partial charge on any atom is 0.495 e. The van der Waals surface area contributed by atoms with Gasteiger partial charge < -0.3 is 19.4 Å². The van der Waals surface area contributed by atoms with Crippen LogP contribution in [0.3, 0.4) is 0 Å². The summed E-state index contributed by atoms with van der Waals surface area (Å²) >= 11 is 0. The topological polar surface area (TPSA) is 56.8 Å². The lowest BCUT2D eigenvalue weighted by atomic mass is 9.74. The standard InChI is InChI=1S/C31H32BNO4/c1-7-22-16-21(17-28(20(22)2)32-36-30(3,4)31(5,6)37-32)18-33-29(34)35-19-27-25-14-10-8-12-23(25)24-13-9-11-15-26(24)27/h1,8-17,27H,18-19H2,2-6H3,(H,33,34). The van der Waals surface area contributed by atoms with Crippen molar-refractivity contribution in [1.29, 1.82) is 0 Å². The van der Waals surface area contributed by atoms with Gasteiger partial charge in [0, 0.05) is 18.0 Å². The number of amides is 1. The van der Waals surface area contributed by atoms with Gasteiger partial charge in [-0.15, -0.1) is 6.42 Å². The molecule has 1 aliphatic heterocycles. The number of nitrogens with one attached hydrogen (secondary N) is 1. The molecule has 1 heterocycles. The van der Waals surface area contributed by atoms with E-state index in [2.05, 4.69) is 35.5 Å². The molecule has 0 unspecified atom stereocenters. The lowest BCUT2D eigenvalue weighted by Crippen LogP contribution is -2.41. The van der Waals surface area contributed by atoms with Crippen molar-refractivity contribution in [3.63, 3.8) is 0 Å². The monoisotopic (exact) mass is 493 g/mol. The van der Waals surface area contributed by atoms with Crippen LogP contribution in [0.4, 0.5) is 4.79 Å². The minimum atomic E-state index is -0.536. The Hall–Kier alpha value is -3.53. The number of terminal acetylenes is 1. The van der Waals surface area contributed by atoms with E-state index >= 15 is 0 Å². The smallest absolute Gasteiger partial charge is 0.449 e. The molecule has 1 aliphatic carbocycles. The molecular formula is C31H32BNO4. The van der Waals surface area contributed by atoms with Crippen LogP contribution in [0.1, 0.15) is 61.4 Å². The molecule has 0 atom stereocenters. The SMILES string of the molecule is C#Cc1cc(CNC(=O)OCC2c3ccccc3-c3ccccc32)cc(B2OC(C)(C)C(C)(C)O2)c1C. The average Bonchev–Trinajstić information content (AvgIpc) is 3.31. The predicted molar refractivity (Wildman–Crippen MR) is 147 cm³/mol. The zero-order valence-corrected chi connectivity index (χ0v) is 22.1. The molecule has 1 N–H and O–H groups in total. The van der Waals surface area contributed by atoms with Gasteiger partial charge in [0.15, 0.2) is 0 Å². The lowest BCUT2D eigenvalue weighted by Gasteiger charge is -2.32. The van der Waals surface area contributed by atoms with E-state index in [0.29, 0.717) is 0 Å². The summed E-state index contributed by atoms with van der Waals surface area (Å²) in [6, 6.07) is 20.5. The van der Waals surface area contributed by atoms with E-state index in [1.165, 1.54) is 22.3 Å². The number of hydrogen-bond acceptors (Lipinski definition) is 4. The molecule has 0 saturated carbocycles. The fraction of sp³-hybridized carbons (Fsp3) is 0.323. The molecule has 5 nitrogen and oxygen atoms in total. The second kappa shape index (κ2) is 9.41. The first-order chi connectivity index (χ1) is 17.6. The van der Waals surface area contributed by atoms with Gasteiger partial charge in [0.1, 0.15) is 6.61 Å². The van der Waals surface area contributed by atoms with E-state index in [4.69, 9.17) is 20.5 Å². The van der Waals surface area contributed by atoms with Gasteiger partial charge in [0.05, 0.1) is 11.2 Å². The Morgan fingerprint density at radius 3 is 2.14 bits per heavy atom. The first kappa shape index (κ1) is 25.1. The molecule has 0 spiro atoms. The van der Waals surface area contributed by atoms with Gasteiger partial charge >= 0.3 is 13.2 Å². The molecular weight excluding hydrogens is 461 g/mol. The van der Waals surface area contributed by atoms with Gasteiger partial charge in [0.25, 0.3) is 0 Å². The van der Waals surface area contributed by atoms with Crippen LogP contribution in [0.15, 0.2) is 60.7 Å². The van der Waals surface area contributed by atoms with Crippen LogP contribution in [-0.2, 0) is 20.6 Å². The highest BCUT2D eigenvalue weighted by Crippen LogP contribution is 2.44. The maximum absolute atomic E-state index is 12.7. The van der Waals surface area contributed by atoms with Gasteiger partial charge in [-0.1, -0.05) is 60.5 Å². The summed E-state index contributed by atoms with van der Waals surface area (Å²) in [4.78, 5) is 12.7. The number of benzene rings is 3. The van der Waals surface area contributed by atoms with Crippen molar-refractivity contribution < 1.29 is 18.8 Å². The number of fused-ring (bicyclic) bond motifs is 3. The maximum atomic E-state index is 12.7. The van der Waals surface area contributed by atoms with Crippen LogP contribution in [0.2, 0.25) is 0 Å². The van der Waals surface area contributed by atoms with E-state index in [1.54, 1.807) is 0 Å². The largest absolute Gasteiger partial charge is 0.495 e. The normalized spacial score (nSPS) is 17.1. The van der Waals surface area contributed by atoms with Crippen molar-refractivity contribution in [2.45, 2.75) is 58.3 Å². The molecule has 1 amide bonds. The number of carbonyl (C=O) groups excluding carboxylic acids is 1. The van der Waals surface area contributed by atoms with Crippen molar-refractivity contribution >= 4 is 18.7 Å². The van der Waals surface area contributed by atoms with Crippen LogP contribution in [0.5, 0.6) is 0 Å². The number of carbonyl (C=O) groups is 1. The second-order valence-electron chi connectivity index (χ2n) is 10.8. The first-order valence-corrected chi connectivity index (χ1v) is 12.7. The fourth-order valence-electron chi connectivity index (χ4n) is 5.09. The quantitative estimate of drug-likeness (QED) is 0.387. The Balaban J connectivity index is 1.28. The summed E-state index contributed by atoms with van der Waals surface area (Å²) in [6.45, 7) is 10.6. The van der Waals surface area contributed by atoms with Gasteiger partial charge in [-0.25, -0.2) is 4.79 Å². The molecule has 2 aliphatic rings. The summed E-state index contributed by atoms with van der Waals surface area (Å²) in [5.74, 6) is 2.77. The number of hydrogen-bond donors (Lipinski definition) is 1. The molecule has 6 heteroatoms. The highest BCUT2D eigenvalue weighted by atomic mass is 16.7. The first-order valence-electron chi connectivity index (χ1n) is 12.7. The molecule has 1 saturated heterocycles. The molecule has 3 aromatic carbocycles. The zero-order valence-electron chi connectivity index (χ0n) is 22.1. The Morgan fingerprint density at radius 2 is 1.57 bits per heavy atom. The highest BCUT2D eigenvalue weighted by Gasteiger charge is 2.52. The van der Waals surface area contributed by atoms with Crippen molar-refractivity contribution in [2.75, 3.05) is 6.61 Å². The summed E-state index contributed by atoms with van der Waals surface area (Å²) < 4.78 is 18.2. The van der Waals surface area contributed by atoms with Crippen LogP contribution in [0, 0.1) is 19.3 Å². The molecule has 5 rings (SSSR count). The van der Waals surface area contributed by atoms with E-state index in [9.17, 15) is 4.79 Å². The van der Waals surface area contributed by atoms with Crippen LogP contribution in [-0.4, -0.2) is 31.0 Å². The van der Waals surface area contributed by atoms with Crippen LogP contribution < -0.4 is 10.8 Å². The second-order valence-corrected chi connectivity index (χ2v) is 10.8. The summed E-state index contributed by atoms with van der Waals surface area (Å²) in [5.41, 5.74) is 7.25. The van der Waals surface area contributed by atoms with E-state index in [0.717, 1.165) is 22.2 Å². The predicted octanol–water partition coefficient (Wildman–Crippen LogP) is 5.31. The Morgan fingerprint density at radius 1 is 1.00 bits per heavy atom. The number of alkyl carbamates (subject to hydrolysis) is 1. The Labute approximate surface area is 219 Å². The third-order valence-corrected chi connectivity index (χ3v) is 7.95. The molecule has 37 heavy (non-hydrogen) atoms. The van der Waals surface area contributed by atoms with Crippen LogP contribution in [0.25, 0.3) is 11.1 Å².